The van der Waals surface area contributed by atoms with E-state index < -0.39 is 0 Å². The molecule has 2 nitrogen and oxygen atoms in total. The molecule has 13 heavy (non-hydrogen) atoms. The molecule has 0 fully saturated rings. The molecule has 0 radical (unpaired) electrons. The van der Waals surface area contributed by atoms with Crippen LogP contribution in [-0.4, -0.2) is 5.16 Å². The highest BCUT2D eigenvalue weighted by Gasteiger charge is 2.14. The minimum atomic E-state index is 0.186. The summed E-state index contributed by atoms with van der Waals surface area (Å²) in [7, 11) is 0. The average Bonchev–Trinajstić information content (AvgIpc) is 2.47. The minimum absolute atomic E-state index is 0.186. The van der Waals surface area contributed by atoms with E-state index in [9.17, 15) is 0 Å². The maximum absolute atomic E-state index is 5.04. The maximum atomic E-state index is 5.04. The molecule has 0 aliphatic heterocycles. The number of benzene rings is 1. The summed E-state index contributed by atoms with van der Waals surface area (Å²) in [4.78, 5) is 0. The normalized spacial score (nSPS) is 12.2. The Bertz CT molecular complexity index is 423. The van der Waals surface area contributed by atoms with Crippen LogP contribution in [0.3, 0.4) is 0 Å². The van der Waals surface area contributed by atoms with Gasteiger partial charge in [0.25, 0.3) is 0 Å². The number of fused-ring (bicyclic) bond motifs is 1. The first-order chi connectivity index (χ1) is 6.07. The summed E-state index contributed by atoms with van der Waals surface area (Å²) in [6.45, 7) is 6.59. The maximum Gasteiger partial charge on any atom is 0.166 e. The zero-order valence-corrected chi connectivity index (χ0v) is 8.16. The standard InChI is InChI=1S/C11H13NO/c1-11(2,3)9-4-5-10-8(6-9)7-12-13-10/h4-7H,1-3H3. The molecular formula is C11H13NO. The average molecular weight is 175 g/mol. The third-order valence-corrected chi connectivity index (χ3v) is 2.22. The molecule has 0 aliphatic carbocycles. The van der Waals surface area contributed by atoms with Gasteiger partial charge >= 0.3 is 0 Å². The van der Waals surface area contributed by atoms with Crippen LogP contribution in [-0.2, 0) is 5.41 Å². The van der Waals surface area contributed by atoms with Crippen molar-refractivity contribution in [2.75, 3.05) is 0 Å². The first-order valence-corrected chi connectivity index (χ1v) is 4.42. The molecule has 0 bridgehead atoms. The Morgan fingerprint density at radius 3 is 2.69 bits per heavy atom. The van der Waals surface area contributed by atoms with Crippen LogP contribution in [0.2, 0.25) is 0 Å². The lowest BCUT2D eigenvalue weighted by Crippen LogP contribution is -2.10. The van der Waals surface area contributed by atoms with E-state index in [4.69, 9.17) is 4.52 Å². The predicted molar refractivity (Wildman–Crippen MR) is 52.7 cm³/mol. The Hall–Kier alpha value is -1.31. The SMILES string of the molecule is CC(C)(C)c1ccc2oncc2c1. The first kappa shape index (κ1) is 8.30. The number of hydrogen-bond acceptors (Lipinski definition) is 2. The van der Waals surface area contributed by atoms with Crippen molar-refractivity contribution in [3.05, 3.63) is 30.0 Å². The minimum Gasteiger partial charge on any atom is -0.356 e. The molecule has 0 amide bonds. The van der Waals surface area contributed by atoms with Crippen LogP contribution >= 0.6 is 0 Å². The van der Waals surface area contributed by atoms with Crippen molar-refractivity contribution in [1.82, 2.24) is 5.16 Å². The second-order valence-electron chi connectivity index (χ2n) is 4.33. The van der Waals surface area contributed by atoms with E-state index in [-0.39, 0.29) is 5.41 Å². The lowest BCUT2D eigenvalue weighted by Gasteiger charge is -2.18. The van der Waals surface area contributed by atoms with Gasteiger partial charge < -0.3 is 4.52 Å². The van der Waals surface area contributed by atoms with E-state index in [1.807, 2.05) is 6.07 Å². The summed E-state index contributed by atoms with van der Waals surface area (Å²) < 4.78 is 5.04. The summed E-state index contributed by atoms with van der Waals surface area (Å²) in [6.07, 6.45) is 1.75. The molecule has 0 N–H and O–H groups in total. The molecule has 1 aromatic heterocycles. The Morgan fingerprint density at radius 1 is 1.23 bits per heavy atom. The summed E-state index contributed by atoms with van der Waals surface area (Å²) in [5.74, 6) is 0. The van der Waals surface area contributed by atoms with E-state index in [0.717, 1.165) is 11.0 Å². The quantitative estimate of drug-likeness (QED) is 0.614. The molecular weight excluding hydrogens is 162 g/mol. The molecule has 2 heteroatoms. The van der Waals surface area contributed by atoms with Crippen LogP contribution in [0.5, 0.6) is 0 Å². The molecule has 1 aromatic carbocycles. The molecule has 2 aromatic rings. The van der Waals surface area contributed by atoms with E-state index >= 15 is 0 Å². The first-order valence-electron chi connectivity index (χ1n) is 4.42. The molecule has 1 heterocycles. The summed E-state index contributed by atoms with van der Waals surface area (Å²) in [5.41, 5.74) is 2.35. The van der Waals surface area contributed by atoms with Crippen molar-refractivity contribution >= 4 is 11.0 Å². The zero-order chi connectivity index (χ0) is 9.47. The number of hydrogen-bond donors (Lipinski definition) is 0. The van der Waals surface area contributed by atoms with Gasteiger partial charge in [0.15, 0.2) is 5.58 Å². The van der Waals surface area contributed by atoms with Gasteiger partial charge in [-0.2, -0.15) is 0 Å². The summed E-state index contributed by atoms with van der Waals surface area (Å²) in [5, 5.41) is 4.83. The fraction of sp³-hybridized carbons (Fsp3) is 0.364. The molecule has 0 saturated heterocycles. The van der Waals surface area contributed by atoms with Crippen molar-refractivity contribution in [1.29, 1.82) is 0 Å². The van der Waals surface area contributed by atoms with Gasteiger partial charge in [0.1, 0.15) is 0 Å². The molecule has 0 spiro atoms. The molecule has 2 rings (SSSR count). The van der Waals surface area contributed by atoms with Gasteiger partial charge in [0.05, 0.1) is 6.20 Å². The van der Waals surface area contributed by atoms with Gasteiger partial charge in [-0.25, -0.2) is 0 Å². The Kier molecular flexibility index (Phi) is 1.65. The molecule has 0 saturated carbocycles. The highest BCUT2D eigenvalue weighted by atomic mass is 16.5. The van der Waals surface area contributed by atoms with Crippen LogP contribution in [0.25, 0.3) is 11.0 Å². The van der Waals surface area contributed by atoms with Crippen molar-refractivity contribution in [2.45, 2.75) is 26.2 Å². The Labute approximate surface area is 77.5 Å². The van der Waals surface area contributed by atoms with Gasteiger partial charge in [0, 0.05) is 5.39 Å². The number of rotatable bonds is 0. The topological polar surface area (TPSA) is 26.0 Å². The van der Waals surface area contributed by atoms with Crippen molar-refractivity contribution in [2.24, 2.45) is 0 Å². The van der Waals surface area contributed by atoms with Gasteiger partial charge in [0.2, 0.25) is 0 Å². The Morgan fingerprint density at radius 2 is 2.00 bits per heavy atom. The zero-order valence-electron chi connectivity index (χ0n) is 8.16. The van der Waals surface area contributed by atoms with E-state index in [1.54, 1.807) is 6.20 Å². The summed E-state index contributed by atoms with van der Waals surface area (Å²) in [6, 6.07) is 6.20. The fourth-order valence-corrected chi connectivity index (χ4v) is 1.34. The fourth-order valence-electron chi connectivity index (χ4n) is 1.34. The highest BCUT2D eigenvalue weighted by molar-refractivity contribution is 5.76. The molecule has 0 atom stereocenters. The highest BCUT2D eigenvalue weighted by Crippen LogP contribution is 2.25. The van der Waals surface area contributed by atoms with Crippen LogP contribution in [0.1, 0.15) is 26.3 Å². The van der Waals surface area contributed by atoms with Gasteiger partial charge in [-0.05, 0) is 23.1 Å². The van der Waals surface area contributed by atoms with Gasteiger partial charge in [-0.3, -0.25) is 0 Å². The van der Waals surface area contributed by atoms with E-state index in [2.05, 4.69) is 38.1 Å². The number of aromatic nitrogens is 1. The van der Waals surface area contributed by atoms with E-state index in [0.29, 0.717) is 0 Å². The van der Waals surface area contributed by atoms with E-state index in [1.165, 1.54) is 5.56 Å². The largest absolute Gasteiger partial charge is 0.356 e. The third-order valence-electron chi connectivity index (χ3n) is 2.22. The number of nitrogens with zero attached hydrogens (tertiary/aromatic N) is 1. The summed E-state index contributed by atoms with van der Waals surface area (Å²) >= 11 is 0. The second kappa shape index (κ2) is 2.59. The van der Waals surface area contributed by atoms with Crippen molar-refractivity contribution in [3.63, 3.8) is 0 Å². The molecule has 0 unspecified atom stereocenters. The van der Waals surface area contributed by atoms with Gasteiger partial charge in [-0.1, -0.05) is 32.0 Å². The van der Waals surface area contributed by atoms with Crippen LogP contribution in [0.15, 0.2) is 28.9 Å². The monoisotopic (exact) mass is 175 g/mol. The van der Waals surface area contributed by atoms with Crippen LogP contribution in [0.4, 0.5) is 0 Å². The van der Waals surface area contributed by atoms with Crippen LogP contribution < -0.4 is 0 Å². The lowest BCUT2D eigenvalue weighted by molar-refractivity contribution is 0.456. The van der Waals surface area contributed by atoms with Gasteiger partial charge in [-0.15, -0.1) is 0 Å². The second-order valence-corrected chi connectivity index (χ2v) is 4.33. The molecule has 0 aliphatic rings. The van der Waals surface area contributed by atoms with Crippen molar-refractivity contribution < 1.29 is 4.52 Å². The predicted octanol–water partition coefficient (Wildman–Crippen LogP) is 3.13. The van der Waals surface area contributed by atoms with Crippen LogP contribution in [0, 0.1) is 0 Å². The smallest absolute Gasteiger partial charge is 0.166 e. The molecule has 68 valence electrons. The lowest BCUT2D eigenvalue weighted by atomic mass is 9.87. The Balaban J connectivity index is 2.61. The third kappa shape index (κ3) is 1.44. The van der Waals surface area contributed by atoms with Crippen molar-refractivity contribution in [3.8, 4) is 0 Å².